The van der Waals surface area contributed by atoms with Gasteiger partial charge in [-0.15, -0.1) is 12.4 Å². The van der Waals surface area contributed by atoms with Crippen LogP contribution in [0.2, 0.25) is 0 Å². The molecule has 4 rings (SSSR count). The van der Waals surface area contributed by atoms with Gasteiger partial charge in [0.1, 0.15) is 0 Å². The summed E-state index contributed by atoms with van der Waals surface area (Å²) in [5.74, 6) is 0.00525. The molecule has 36 heavy (non-hydrogen) atoms. The Morgan fingerprint density at radius 3 is 2.42 bits per heavy atom. The SMILES string of the molecule is CN(C)CCNc1cccc(C(=O)/C=C/c2ccc(N3CCN(C)CC3)c(-c3ccccc3)c2)c1.Cl. The molecule has 6 heteroatoms. The maximum absolute atomic E-state index is 12.9. The first-order chi connectivity index (χ1) is 17.0. The number of halogens is 1. The summed E-state index contributed by atoms with van der Waals surface area (Å²) in [5.41, 5.74) is 6.33. The van der Waals surface area contributed by atoms with Gasteiger partial charge in [-0.1, -0.05) is 54.6 Å². The first-order valence-electron chi connectivity index (χ1n) is 12.3. The first-order valence-corrected chi connectivity index (χ1v) is 12.3. The number of carbonyl (C=O) groups excluding carboxylic acids is 1. The van der Waals surface area contributed by atoms with Crippen LogP contribution in [0.1, 0.15) is 15.9 Å². The Hall–Kier alpha value is -3.12. The van der Waals surface area contributed by atoms with Gasteiger partial charge >= 0.3 is 0 Å². The molecule has 1 saturated heterocycles. The van der Waals surface area contributed by atoms with Gasteiger partial charge in [-0.2, -0.15) is 0 Å². The monoisotopic (exact) mass is 504 g/mol. The molecule has 0 spiro atoms. The van der Waals surface area contributed by atoms with Gasteiger partial charge in [-0.25, -0.2) is 0 Å². The number of likely N-dealkylation sites (N-methyl/N-ethyl adjacent to an activating group) is 2. The van der Waals surface area contributed by atoms with Crippen molar-refractivity contribution in [1.29, 1.82) is 0 Å². The van der Waals surface area contributed by atoms with Gasteiger partial charge in [0.2, 0.25) is 0 Å². The fourth-order valence-electron chi connectivity index (χ4n) is 4.30. The highest BCUT2D eigenvalue weighted by Gasteiger charge is 2.18. The lowest BCUT2D eigenvalue weighted by molar-refractivity contribution is 0.104. The quantitative estimate of drug-likeness (QED) is 0.312. The summed E-state index contributed by atoms with van der Waals surface area (Å²) in [4.78, 5) is 19.9. The van der Waals surface area contributed by atoms with Gasteiger partial charge in [-0.3, -0.25) is 4.79 Å². The lowest BCUT2D eigenvalue weighted by Gasteiger charge is -2.35. The van der Waals surface area contributed by atoms with E-state index in [1.165, 1.54) is 16.8 Å². The second-order valence-electron chi connectivity index (χ2n) is 9.44. The summed E-state index contributed by atoms with van der Waals surface area (Å²) in [6.45, 7) is 5.93. The molecule has 0 radical (unpaired) electrons. The molecule has 1 aliphatic heterocycles. The van der Waals surface area contributed by atoms with Crippen molar-refractivity contribution in [1.82, 2.24) is 9.80 Å². The summed E-state index contributed by atoms with van der Waals surface area (Å²) >= 11 is 0. The average Bonchev–Trinajstić information content (AvgIpc) is 2.88. The molecule has 5 nitrogen and oxygen atoms in total. The van der Waals surface area contributed by atoms with E-state index in [2.05, 4.69) is 69.5 Å². The second-order valence-corrected chi connectivity index (χ2v) is 9.44. The maximum Gasteiger partial charge on any atom is 0.185 e. The summed E-state index contributed by atoms with van der Waals surface area (Å²) in [6, 6.07) is 24.8. The van der Waals surface area contributed by atoms with Crippen molar-refractivity contribution in [3.63, 3.8) is 0 Å². The second kappa shape index (κ2) is 13.3. The molecule has 0 bridgehead atoms. The van der Waals surface area contributed by atoms with Crippen LogP contribution in [-0.4, -0.2) is 76.0 Å². The van der Waals surface area contributed by atoms with Crippen LogP contribution >= 0.6 is 12.4 Å². The maximum atomic E-state index is 12.9. The molecule has 1 aliphatic rings. The van der Waals surface area contributed by atoms with Crippen LogP contribution in [0, 0.1) is 0 Å². The highest BCUT2D eigenvalue weighted by Crippen LogP contribution is 2.33. The number of ketones is 1. The fourth-order valence-corrected chi connectivity index (χ4v) is 4.30. The zero-order chi connectivity index (χ0) is 24.6. The zero-order valence-electron chi connectivity index (χ0n) is 21.5. The Morgan fingerprint density at radius 1 is 0.944 bits per heavy atom. The molecule has 0 atom stereocenters. The van der Waals surface area contributed by atoms with Gasteiger partial charge in [0.05, 0.1) is 0 Å². The molecule has 0 aromatic heterocycles. The van der Waals surface area contributed by atoms with E-state index in [1.807, 2.05) is 50.5 Å². The number of nitrogens with zero attached hydrogens (tertiary/aromatic N) is 3. The molecule has 3 aromatic rings. The van der Waals surface area contributed by atoms with E-state index in [4.69, 9.17) is 0 Å². The van der Waals surface area contributed by atoms with Crippen LogP contribution in [-0.2, 0) is 0 Å². The molecule has 0 saturated carbocycles. The smallest absolute Gasteiger partial charge is 0.185 e. The van der Waals surface area contributed by atoms with Crippen LogP contribution < -0.4 is 10.2 Å². The van der Waals surface area contributed by atoms with Crippen LogP contribution in [0.15, 0.2) is 78.9 Å². The zero-order valence-corrected chi connectivity index (χ0v) is 22.3. The van der Waals surface area contributed by atoms with Gasteiger partial charge in [0, 0.05) is 61.8 Å². The van der Waals surface area contributed by atoms with E-state index >= 15 is 0 Å². The molecule has 0 amide bonds. The number of hydrogen-bond acceptors (Lipinski definition) is 5. The summed E-state index contributed by atoms with van der Waals surface area (Å²) in [5, 5.41) is 3.39. The Bertz CT molecular complexity index is 1150. The number of piperazine rings is 1. The minimum atomic E-state index is 0. The van der Waals surface area contributed by atoms with E-state index in [-0.39, 0.29) is 18.2 Å². The first kappa shape index (κ1) is 27.5. The van der Waals surface area contributed by atoms with Crippen molar-refractivity contribution in [3.05, 3.63) is 90.0 Å². The summed E-state index contributed by atoms with van der Waals surface area (Å²) in [6.07, 6.45) is 3.60. The Morgan fingerprint density at radius 2 is 1.69 bits per heavy atom. The minimum Gasteiger partial charge on any atom is -0.384 e. The third-order valence-electron chi connectivity index (χ3n) is 6.41. The molecule has 1 heterocycles. The third-order valence-corrected chi connectivity index (χ3v) is 6.41. The van der Waals surface area contributed by atoms with Crippen molar-refractivity contribution >= 4 is 35.6 Å². The number of hydrogen-bond donors (Lipinski definition) is 1. The number of anilines is 2. The predicted octanol–water partition coefficient (Wildman–Crippen LogP) is 5.40. The Labute approximate surface area is 221 Å². The topological polar surface area (TPSA) is 38.8 Å². The predicted molar refractivity (Wildman–Crippen MR) is 156 cm³/mol. The van der Waals surface area contributed by atoms with Gasteiger partial charge in [0.25, 0.3) is 0 Å². The van der Waals surface area contributed by atoms with Crippen LogP contribution in [0.3, 0.4) is 0 Å². The molecule has 190 valence electrons. The van der Waals surface area contributed by atoms with E-state index in [9.17, 15) is 4.79 Å². The van der Waals surface area contributed by atoms with Gasteiger partial charge in [-0.05, 0) is 62.6 Å². The van der Waals surface area contributed by atoms with E-state index in [0.717, 1.165) is 50.5 Å². The Kier molecular flexibility index (Phi) is 10.1. The molecule has 0 unspecified atom stereocenters. The molecular formula is C30H37ClN4O. The number of carbonyl (C=O) groups is 1. The van der Waals surface area contributed by atoms with Crippen molar-refractivity contribution < 1.29 is 4.79 Å². The highest BCUT2D eigenvalue weighted by atomic mass is 35.5. The highest BCUT2D eigenvalue weighted by molar-refractivity contribution is 6.07. The van der Waals surface area contributed by atoms with Gasteiger partial charge in [0.15, 0.2) is 5.78 Å². The normalized spacial score (nSPS) is 14.2. The standard InChI is InChI=1S/C30H36N4O.ClH/c1-32(2)17-16-31-27-11-7-10-26(23-27)30(35)15-13-24-12-14-29(34-20-18-33(3)19-21-34)28(22-24)25-8-5-4-6-9-25;/h4-15,22-23,31H,16-21H2,1-3H3;1H/b15-13+;. The molecule has 1 fully saturated rings. The minimum absolute atomic E-state index is 0. The van der Waals surface area contributed by atoms with Crippen molar-refractivity contribution in [2.45, 2.75) is 0 Å². The van der Waals surface area contributed by atoms with E-state index < -0.39 is 0 Å². The van der Waals surface area contributed by atoms with E-state index in [0.29, 0.717) is 5.56 Å². The van der Waals surface area contributed by atoms with E-state index in [1.54, 1.807) is 6.08 Å². The largest absolute Gasteiger partial charge is 0.384 e. The third kappa shape index (κ3) is 7.44. The molecule has 0 aliphatic carbocycles. The summed E-state index contributed by atoms with van der Waals surface area (Å²) < 4.78 is 0. The number of benzene rings is 3. The number of allylic oxidation sites excluding steroid dienone is 1. The van der Waals surface area contributed by atoms with Crippen molar-refractivity contribution in [3.8, 4) is 11.1 Å². The number of rotatable bonds is 9. The summed E-state index contributed by atoms with van der Waals surface area (Å²) in [7, 11) is 6.27. The number of nitrogens with one attached hydrogen (secondary N) is 1. The van der Waals surface area contributed by atoms with Crippen LogP contribution in [0.5, 0.6) is 0 Å². The van der Waals surface area contributed by atoms with Crippen LogP contribution in [0.4, 0.5) is 11.4 Å². The fraction of sp³-hybridized carbons (Fsp3) is 0.300. The van der Waals surface area contributed by atoms with Crippen LogP contribution in [0.25, 0.3) is 17.2 Å². The van der Waals surface area contributed by atoms with Gasteiger partial charge < -0.3 is 20.0 Å². The lowest BCUT2D eigenvalue weighted by atomic mass is 9.99. The lowest BCUT2D eigenvalue weighted by Crippen LogP contribution is -2.44. The molecular weight excluding hydrogens is 468 g/mol. The average molecular weight is 505 g/mol. The molecule has 3 aromatic carbocycles. The molecule has 1 N–H and O–H groups in total. The van der Waals surface area contributed by atoms with Crippen molar-refractivity contribution in [2.24, 2.45) is 0 Å². The Balaban J connectivity index is 0.00000361. The van der Waals surface area contributed by atoms with Crippen molar-refractivity contribution in [2.75, 3.05) is 70.6 Å².